The Balaban J connectivity index is 0.961. The van der Waals surface area contributed by atoms with Gasteiger partial charge in [-0.05, 0) is 63.6 Å². The second-order valence-electron chi connectivity index (χ2n) is 10.4. The number of nitro groups is 1. The number of hydrogen-bond acceptors (Lipinski definition) is 8. The molecular weight excluding hydrogens is 569 g/mol. The van der Waals surface area contributed by atoms with Crippen LogP contribution < -0.4 is 18.9 Å². The molecule has 2 aliphatic rings. The Bertz CT molecular complexity index is 1590. The summed E-state index contributed by atoms with van der Waals surface area (Å²) in [5.74, 6) is 0.908. The highest BCUT2D eigenvalue weighted by atomic mass is 19.4. The molecule has 43 heavy (non-hydrogen) atoms. The van der Waals surface area contributed by atoms with E-state index in [-0.39, 0.29) is 30.3 Å². The van der Waals surface area contributed by atoms with Gasteiger partial charge in [0.25, 0.3) is 0 Å². The van der Waals surface area contributed by atoms with Crippen LogP contribution in [0.1, 0.15) is 28.7 Å². The molecule has 2 aliphatic heterocycles. The van der Waals surface area contributed by atoms with Crippen LogP contribution in [0.2, 0.25) is 0 Å². The number of hydrogen-bond donors (Lipinski definition) is 0. The Morgan fingerprint density at radius 2 is 1.63 bits per heavy atom. The fourth-order valence-corrected chi connectivity index (χ4v) is 5.07. The molecule has 0 aliphatic carbocycles. The summed E-state index contributed by atoms with van der Waals surface area (Å²) >= 11 is 0. The number of ether oxygens (including phenoxy) is 4. The van der Waals surface area contributed by atoms with E-state index in [1.807, 2.05) is 36.4 Å². The van der Waals surface area contributed by atoms with Gasteiger partial charge in [-0.15, -0.1) is 13.2 Å². The van der Waals surface area contributed by atoms with Gasteiger partial charge >= 0.3 is 18.2 Å². The highest BCUT2D eigenvalue weighted by Gasteiger charge is 2.31. The topological polar surface area (TPSA) is 101 Å². The summed E-state index contributed by atoms with van der Waals surface area (Å²) in [5.41, 5.74) is 4.28. The Kier molecular flexibility index (Phi) is 7.80. The minimum absolute atomic E-state index is 0.220. The van der Waals surface area contributed by atoms with Crippen LogP contribution in [0.5, 0.6) is 23.3 Å². The molecule has 0 radical (unpaired) electrons. The molecule has 6 rings (SSSR count). The first kappa shape index (κ1) is 28.3. The number of halogens is 3. The lowest BCUT2D eigenvalue weighted by molar-refractivity contribution is -0.389. The van der Waals surface area contributed by atoms with Crippen molar-refractivity contribution in [1.82, 2.24) is 14.5 Å². The number of aryl methyl sites for hydroxylation is 1. The Morgan fingerprint density at radius 3 is 2.37 bits per heavy atom. The van der Waals surface area contributed by atoms with Crippen LogP contribution in [0.4, 0.5) is 19.0 Å². The van der Waals surface area contributed by atoms with Crippen LogP contribution in [0, 0.1) is 10.1 Å². The molecule has 0 bridgehead atoms. The van der Waals surface area contributed by atoms with Crippen LogP contribution in [0.15, 0.2) is 72.9 Å². The zero-order valence-electron chi connectivity index (χ0n) is 22.8. The van der Waals surface area contributed by atoms with Gasteiger partial charge in [0.05, 0.1) is 0 Å². The first-order chi connectivity index (χ1) is 20.7. The fourth-order valence-electron chi connectivity index (χ4n) is 5.07. The van der Waals surface area contributed by atoms with Gasteiger partial charge in [-0.25, -0.2) is 0 Å². The summed E-state index contributed by atoms with van der Waals surface area (Å²) in [6.07, 6.45) is -2.92. The predicted molar refractivity (Wildman–Crippen MR) is 147 cm³/mol. The number of nitrogens with zero attached hydrogens (tertiary/aromatic N) is 4. The second-order valence-corrected chi connectivity index (χ2v) is 10.4. The Morgan fingerprint density at radius 1 is 0.930 bits per heavy atom. The van der Waals surface area contributed by atoms with Crippen molar-refractivity contribution in [2.45, 2.75) is 51.7 Å². The van der Waals surface area contributed by atoms with E-state index in [0.29, 0.717) is 25.3 Å². The smallest absolute Gasteiger partial charge is 0.490 e. The predicted octanol–water partition coefficient (Wildman–Crippen LogP) is 6.01. The molecule has 1 aromatic heterocycles. The summed E-state index contributed by atoms with van der Waals surface area (Å²) in [5, 5.41) is 11.0. The summed E-state index contributed by atoms with van der Waals surface area (Å²) in [7, 11) is 0. The maximum absolute atomic E-state index is 12.3. The molecule has 224 valence electrons. The Hall–Kier alpha value is -4.78. The first-order valence-electron chi connectivity index (χ1n) is 13.6. The first-order valence-corrected chi connectivity index (χ1v) is 13.6. The van der Waals surface area contributed by atoms with Crippen molar-refractivity contribution in [3.8, 4) is 23.3 Å². The number of alkyl halides is 3. The van der Waals surface area contributed by atoms with E-state index < -0.39 is 11.3 Å². The van der Waals surface area contributed by atoms with E-state index in [4.69, 9.17) is 14.2 Å². The standard InChI is InChI=1S/C30H27F3N4O6/c31-30(32,33)43-25-8-3-21(4-9-25)18-40-24-6-1-20(2-7-24)14-35-15-22-5-10-26(13-23(22)16-35)41-19-27-11-12-36-17-28(37(38)39)34-29(36)42-27/h1-10,13,17,27H,11-12,14-16,18-19H2/t27-/m1/s1. The van der Waals surface area contributed by atoms with Crippen molar-refractivity contribution in [3.05, 3.63) is 105 Å². The molecule has 0 saturated carbocycles. The van der Waals surface area contributed by atoms with Crippen LogP contribution in [0.25, 0.3) is 0 Å². The summed E-state index contributed by atoms with van der Waals surface area (Å²) < 4.78 is 60.1. The van der Waals surface area contributed by atoms with E-state index in [9.17, 15) is 23.3 Å². The molecule has 0 spiro atoms. The van der Waals surface area contributed by atoms with Crippen LogP contribution >= 0.6 is 0 Å². The van der Waals surface area contributed by atoms with E-state index in [1.165, 1.54) is 41.6 Å². The number of aromatic nitrogens is 2. The highest BCUT2D eigenvalue weighted by molar-refractivity contribution is 5.38. The summed E-state index contributed by atoms with van der Waals surface area (Å²) in [6, 6.07) is 19.6. The normalized spacial score (nSPS) is 16.2. The number of imidazole rings is 1. The SMILES string of the molecule is O=[N+]([O-])c1cn2c(n1)O[C@@H](COc1ccc3c(c1)CN(Cc1ccc(OCc4ccc(OC(F)(F)F)cc4)cc1)C3)CC2. The zero-order chi connectivity index (χ0) is 30.0. The van der Waals surface area contributed by atoms with Gasteiger partial charge in [0, 0.05) is 37.6 Å². The quantitative estimate of drug-likeness (QED) is 0.162. The molecule has 0 unspecified atom stereocenters. The number of rotatable bonds is 10. The molecule has 0 amide bonds. The Labute approximate surface area is 244 Å². The fraction of sp³-hybridized carbons (Fsp3) is 0.300. The van der Waals surface area contributed by atoms with E-state index >= 15 is 0 Å². The molecule has 3 aromatic carbocycles. The van der Waals surface area contributed by atoms with Crippen LogP contribution in [-0.4, -0.2) is 38.4 Å². The molecule has 1 atom stereocenters. The van der Waals surface area contributed by atoms with Gasteiger partial charge in [0.2, 0.25) is 0 Å². The molecule has 10 nitrogen and oxygen atoms in total. The molecule has 0 N–H and O–H groups in total. The molecular formula is C30H27F3N4O6. The van der Waals surface area contributed by atoms with Crippen molar-refractivity contribution >= 4 is 5.82 Å². The van der Waals surface area contributed by atoms with E-state index in [2.05, 4.69) is 20.7 Å². The minimum Gasteiger partial charge on any atom is -0.490 e. The maximum atomic E-state index is 12.3. The average Bonchev–Trinajstić information content (AvgIpc) is 3.59. The van der Waals surface area contributed by atoms with E-state index in [1.54, 1.807) is 4.57 Å². The zero-order valence-corrected chi connectivity index (χ0v) is 22.8. The second kappa shape index (κ2) is 11.8. The third-order valence-corrected chi connectivity index (χ3v) is 7.17. The monoisotopic (exact) mass is 596 g/mol. The molecule has 4 aromatic rings. The third-order valence-electron chi connectivity index (χ3n) is 7.17. The van der Waals surface area contributed by atoms with Crippen molar-refractivity contribution < 1.29 is 37.0 Å². The van der Waals surface area contributed by atoms with Crippen molar-refractivity contribution in [1.29, 1.82) is 0 Å². The lowest BCUT2D eigenvalue weighted by atomic mass is 10.1. The maximum Gasteiger partial charge on any atom is 0.573 e. The molecule has 0 saturated heterocycles. The van der Waals surface area contributed by atoms with Gasteiger partial charge < -0.3 is 29.1 Å². The minimum atomic E-state index is -4.72. The summed E-state index contributed by atoms with van der Waals surface area (Å²) in [6.45, 7) is 3.45. The molecule has 0 fully saturated rings. The van der Waals surface area contributed by atoms with Crippen LogP contribution in [0.3, 0.4) is 0 Å². The van der Waals surface area contributed by atoms with Gasteiger partial charge in [-0.3, -0.25) is 9.47 Å². The lowest BCUT2D eigenvalue weighted by Gasteiger charge is -2.22. The van der Waals surface area contributed by atoms with Gasteiger partial charge in [0.1, 0.15) is 42.8 Å². The lowest BCUT2D eigenvalue weighted by Crippen LogP contribution is -2.31. The van der Waals surface area contributed by atoms with Gasteiger partial charge in [-0.2, -0.15) is 0 Å². The number of benzene rings is 3. The molecule has 3 heterocycles. The largest absolute Gasteiger partial charge is 0.573 e. The van der Waals surface area contributed by atoms with E-state index in [0.717, 1.165) is 36.5 Å². The summed E-state index contributed by atoms with van der Waals surface area (Å²) in [4.78, 5) is 16.7. The van der Waals surface area contributed by atoms with Crippen LogP contribution in [-0.2, 0) is 32.8 Å². The van der Waals surface area contributed by atoms with Gasteiger partial charge in [0.15, 0.2) is 0 Å². The van der Waals surface area contributed by atoms with Crippen molar-refractivity contribution in [2.75, 3.05) is 6.61 Å². The number of fused-ring (bicyclic) bond motifs is 2. The van der Waals surface area contributed by atoms with Crippen molar-refractivity contribution in [2.24, 2.45) is 0 Å². The van der Waals surface area contributed by atoms with Crippen molar-refractivity contribution in [3.63, 3.8) is 0 Å². The van der Waals surface area contributed by atoms with Gasteiger partial charge in [-0.1, -0.05) is 30.3 Å². The average molecular weight is 597 g/mol. The third kappa shape index (κ3) is 7.17. The molecule has 13 heteroatoms. The highest BCUT2D eigenvalue weighted by Crippen LogP contribution is 2.30.